The molecule has 14 heteroatoms. The summed E-state index contributed by atoms with van der Waals surface area (Å²) in [5, 5.41) is 14.6. The molecule has 6 rings (SSSR count). The lowest BCUT2D eigenvalue weighted by Gasteiger charge is -2.40. The Morgan fingerprint density at radius 1 is 1.28 bits per heavy atom. The van der Waals surface area contributed by atoms with Gasteiger partial charge in [-0.15, -0.1) is 11.3 Å². The number of aromatic nitrogens is 1. The van der Waals surface area contributed by atoms with Crippen molar-refractivity contribution < 1.29 is 37.4 Å². The second-order valence-corrected chi connectivity index (χ2v) is 12.2. The first-order valence-electron chi connectivity index (χ1n) is 14.0. The monoisotopic (exact) mass is 617 g/mol. The normalized spacial score (nSPS) is 28.3. The fourth-order valence-corrected chi connectivity index (χ4v) is 7.09. The van der Waals surface area contributed by atoms with Gasteiger partial charge in [0, 0.05) is 36.4 Å². The van der Waals surface area contributed by atoms with E-state index in [1.165, 1.54) is 33.3 Å². The van der Waals surface area contributed by atoms with Crippen LogP contribution in [0, 0.1) is 24.6 Å². The lowest BCUT2D eigenvalue weighted by Crippen LogP contribution is -2.51. The number of amidine groups is 1. The van der Waals surface area contributed by atoms with Crippen molar-refractivity contribution in [3.05, 3.63) is 63.0 Å². The fraction of sp³-hybridized carbons (Fsp3) is 0.483. The molecule has 3 atom stereocenters. The molecule has 2 saturated heterocycles. The van der Waals surface area contributed by atoms with Gasteiger partial charge in [0.15, 0.2) is 10.8 Å². The first-order chi connectivity index (χ1) is 20.5. The number of benzene rings is 1. The first-order valence-corrected chi connectivity index (χ1v) is 14.9. The van der Waals surface area contributed by atoms with E-state index >= 15 is 8.78 Å². The van der Waals surface area contributed by atoms with Gasteiger partial charge in [0.25, 0.3) is 5.92 Å². The van der Waals surface area contributed by atoms with Crippen molar-refractivity contribution in [2.45, 2.75) is 50.7 Å². The molecular formula is C29H30F3N5O5S. The molecule has 0 bridgehead atoms. The highest BCUT2D eigenvalue weighted by molar-refractivity contribution is 7.11. The zero-order chi connectivity index (χ0) is 30.6. The first kappa shape index (κ1) is 29.3. The SMILES string of the molecule is CCOC(=O)C1=C(CN2CC(F)(F)C3CN(C4CC(C(=O)O)C4)C(=O)C32)NC(c2nccs2)=NC1c1cccc(F)c1C. The molecule has 0 radical (unpaired) electrons. The van der Waals surface area contributed by atoms with Gasteiger partial charge in [-0.2, -0.15) is 0 Å². The standard InChI is InChI=1S/C29H30F3N5O5S/c1-3-42-28(41)21-20(34-24(25-33-7-8-43-25)35-22(21)17-5-4-6-19(30)14(17)2)12-36-13-29(31,32)18-11-37(26(38)23(18)36)16-9-15(10-16)27(39)40/h4-8,15-16,18,22-23H,3,9-13H2,1-2H3,(H,34,35)(H,39,40). The third-order valence-corrected chi connectivity index (χ3v) is 9.57. The summed E-state index contributed by atoms with van der Waals surface area (Å²) >= 11 is 1.28. The average molecular weight is 618 g/mol. The molecule has 2 aromatic rings. The van der Waals surface area contributed by atoms with Gasteiger partial charge in [0.2, 0.25) is 5.91 Å². The maximum absolute atomic E-state index is 15.4. The van der Waals surface area contributed by atoms with Crippen molar-refractivity contribution in [2.75, 3.05) is 26.2 Å². The number of rotatable bonds is 8. The van der Waals surface area contributed by atoms with Crippen LogP contribution in [-0.4, -0.2) is 87.8 Å². The van der Waals surface area contributed by atoms with E-state index in [-0.39, 0.29) is 55.2 Å². The number of carbonyl (C=O) groups is 3. The van der Waals surface area contributed by atoms with Gasteiger partial charge in [0.1, 0.15) is 17.9 Å². The Morgan fingerprint density at radius 3 is 2.72 bits per heavy atom. The highest BCUT2D eigenvalue weighted by Gasteiger charge is 2.63. The number of alkyl halides is 2. The van der Waals surface area contributed by atoms with E-state index < -0.39 is 66.1 Å². The predicted molar refractivity (Wildman–Crippen MR) is 149 cm³/mol. The molecule has 4 aliphatic rings. The van der Waals surface area contributed by atoms with Crippen LogP contribution in [0.3, 0.4) is 0 Å². The number of esters is 1. The molecule has 3 aliphatic heterocycles. The Balaban J connectivity index is 1.38. The van der Waals surface area contributed by atoms with E-state index in [0.29, 0.717) is 10.6 Å². The number of likely N-dealkylation sites (tertiary alicyclic amines) is 2. The Morgan fingerprint density at radius 2 is 2.05 bits per heavy atom. The molecule has 1 aromatic carbocycles. The third-order valence-electron chi connectivity index (χ3n) is 8.79. The van der Waals surface area contributed by atoms with Crippen molar-refractivity contribution in [1.82, 2.24) is 20.1 Å². The molecule has 4 heterocycles. The average Bonchev–Trinajstić information content (AvgIpc) is 3.63. The molecule has 3 unspecified atom stereocenters. The molecule has 1 aromatic heterocycles. The Labute approximate surface area is 249 Å². The number of amides is 1. The minimum Gasteiger partial charge on any atom is -0.481 e. The Kier molecular flexibility index (Phi) is 7.53. The Bertz CT molecular complexity index is 1520. The molecule has 10 nitrogen and oxygen atoms in total. The van der Waals surface area contributed by atoms with Crippen LogP contribution in [0.15, 0.2) is 46.0 Å². The van der Waals surface area contributed by atoms with Gasteiger partial charge >= 0.3 is 11.9 Å². The summed E-state index contributed by atoms with van der Waals surface area (Å²) in [4.78, 5) is 50.1. The van der Waals surface area contributed by atoms with Crippen LogP contribution in [0.2, 0.25) is 0 Å². The summed E-state index contributed by atoms with van der Waals surface area (Å²) in [6.07, 6.45) is 2.03. The highest BCUT2D eigenvalue weighted by Crippen LogP contribution is 2.46. The van der Waals surface area contributed by atoms with E-state index in [1.54, 1.807) is 31.5 Å². The van der Waals surface area contributed by atoms with Gasteiger partial charge in [-0.1, -0.05) is 12.1 Å². The molecule has 1 amide bonds. The molecule has 228 valence electrons. The van der Waals surface area contributed by atoms with E-state index in [2.05, 4.69) is 10.3 Å². The maximum atomic E-state index is 15.4. The molecule has 1 saturated carbocycles. The van der Waals surface area contributed by atoms with E-state index in [1.807, 2.05) is 0 Å². The minimum absolute atomic E-state index is 0.0339. The van der Waals surface area contributed by atoms with Crippen LogP contribution in [-0.2, 0) is 19.1 Å². The van der Waals surface area contributed by atoms with E-state index in [0.717, 1.165) is 0 Å². The fourth-order valence-electron chi connectivity index (χ4n) is 6.50. The van der Waals surface area contributed by atoms with Crippen molar-refractivity contribution in [1.29, 1.82) is 0 Å². The van der Waals surface area contributed by atoms with Crippen LogP contribution in [0.1, 0.15) is 41.9 Å². The number of hydrogen-bond donors (Lipinski definition) is 2. The number of ether oxygens (including phenoxy) is 1. The van der Waals surface area contributed by atoms with Gasteiger partial charge < -0.3 is 20.1 Å². The van der Waals surface area contributed by atoms with Crippen LogP contribution >= 0.6 is 11.3 Å². The molecule has 43 heavy (non-hydrogen) atoms. The third kappa shape index (κ3) is 5.09. The smallest absolute Gasteiger partial charge is 0.338 e. The number of nitrogens with zero attached hydrogens (tertiary/aromatic N) is 4. The lowest BCUT2D eigenvalue weighted by molar-refractivity contribution is -0.150. The van der Waals surface area contributed by atoms with Crippen molar-refractivity contribution >= 4 is 35.0 Å². The number of carboxylic acid groups (broad SMARTS) is 1. The van der Waals surface area contributed by atoms with Crippen LogP contribution in [0.4, 0.5) is 13.2 Å². The van der Waals surface area contributed by atoms with Gasteiger partial charge in [-0.05, 0) is 43.9 Å². The quantitative estimate of drug-likeness (QED) is 0.433. The maximum Gasteiger partial charge on any atom is 0.338 e. The molecule has 3 fully saturated rings. The van der Waals surface area contributed by atoms with Crippen LogP contribution < -0.4 is 5.32 Å². The highest BCUT2D eigenvalue weighted by atomic mass is 32.1. The second-order valence-electron chi connectivity index (χ2n) is 11.3. The van der Waals surface area contributed by atoms with Crippen molar-refractivity contribution in [3.8, 4) is 0 Å². The lowest BCUT2D eigenvalue weighted by atomic mass is 9.79. The summed E-state index contributed by atoms with van der Waals surface area (Å²) in [7, 11) is 0. The number of thiazole rings is 1. The molecule has 2 N–H and O–H groups in total. The number of carbonyl (C=O) groups excluding carboxylic acids is 2. The number of aliphatic imine (C=N–C) groups is 1. The largest absolute Gasteiger partial charge is 0.481 e. The Hall–Kier alpha value is -3.78. The topological polar surface area (TPSA) is 124 Å². The summed E-state index contributed by atoms with van der Waals surface area (Å²) in [5.74, 6) is -7.47. The molecule has 0 spiro atoms. The minimum atomic E-state index is -3.20. The predicted octanol–water partition coefficient (Wildman–Crippen LogP) is 3.14. The van der Waals surface area contributed by atoms with Crippen molar-refractivity contribution in [2.24, 2.45) is 16.8 Å². The number of hydrogen-bond acceptors (Lipinski definition) is 9. The molecule has 1 aliphatic carbocycles. The molecular weight excluding hydrogens is 587 g/mol. The number of nitrogens with one attached hydrogen (secondary N) is 1. The summed E-state index contributed by atoms with van der Waals surface area (Å²) < 4.78 is 51.0. The van der Waals surface area contributed by atoms with Gasteiger partial charge in [-0.3, -0.25) is 19.5 Å². The van der Waals surface area contributed by atoms with Crippen molar-refractivity contribution in [3.63, 3.8) is 0 Å². The zero-order valence-electron chi connectivity index (χ0n) is 23.4. The summed E-state index contributed by atoms with van der Waals surface area (Å²) in [5.41, 5.74) is 0.923. The number of aliphatic carboxylic acids is 1. The number of carboxylic acids is 1. The van der Waals surface area contributed by atoms with E-state index in [4.69, 9.17) is 9.73 Å². The van der Waals surface area contributed by atoms with Gasteiger partial charge in [0.05, 0.1) is 30.6 Å². The number of fused-ring (bicyclic) bond motifs is 1. The van der Waals surface area contributed by atoms with Crippen LogP contribution in [0.5, 0.6) is 0 Å². The van der Waals surface area contributed by atoms with Crippen LogP contribution in [0.25, 0.3) is 0 Å². The summed E-state index contributed by atoms with van der Waals surface area (Å²) in [6, 6.07) is 1.87. The summed E-state index contributed by atoms with van der Waals surface area (Å²) in [6.45, 7) is 2.12. The number of halogens is 3. The zero-order valence-corrected chi connectivity index (χ0v) is 24.2. The second kappa shape index (κ2) is 11.1. The van der Waals surface area contributed by atoms with E-state index in [9.17, 15) is 23.9 Å². The van der Waals surface area contributed by atoms with Gasteiger partial charge in [-0.25, -0.2) is 22.9 Å².